The summed E-state index contributed by atoms with van der Waals surface area (Å²) in [5.74, 6) is 1.57. The van der Waals surface area contributed by atoms with Gasteiger partial charge in [-0.25, -0.2) is 4.98 Å². The van der Waals surface area contributed by atoms with Crippen LogP contribution < -0.4 is 10.6 Å². The smallest absolute Gasteiger partial charge is 0.258 e. The minimum atomic E-state index is 0.360. The van der Waals surface area contributed by atoms with Crippen LogP contribution in [0, 0.1) is 5.41 Å². The van der Waals surface area contributed by atoms with E-state index in [9.17, 15) is 0 Å². The van der Waals surface area contributed by atoms with Crippen molar-refractivity contribution in [2.45, 2.75) is 33.1 Å². The molecule has 2 N–H and O–H groups in total. The van der Waals surface area contributed by atoms with Crippen LogP contribution in [-0.4, -0.2) is 42.8 Å². The molecule has 0 saturated heterocycles. The molecule has 1 saturated carbocycles. The van der Waals surface area contributed by atoms with E-state index in [-0.39, 0.29) is 0 Å². The van der Waals surface area contributed by atoms with E-state index in [1.54, 1.807) is 6.33 Å². The first-order chi connectivity index (χ1) is 10.2. The van der Waals surface area contributed by atoms with Gasteiger partial charge in [-0.3, -0.25) is 0 Å². The van der Waals surface area contributed by atoms with Gasteiger partial charge >= 0.3 is 0 Å². The maximum atomic E-state index is 4.41. The SMILES string of the molecule is CCNc1nc(NCC2(C)CCC2)nc(-n2cncn2)n1. The Morgan fingerprint density at radius 2 is 1.95 bits per heavy atom. The van der Waals surface area contributed by atoms with Gasteiger partial charge in [-0.15, -0.1) is 0 Å². The molecule has 2 aromatic heterocycles. The molecule has 1 fully saturated rings. The molecule has 112 valence electrons. The van der Waals surface area contributed by atoms with E-state index in [0.29, 0.717) is 23.3 Å². The van der Waals surface area contributed by atoms with Gasteiger partial charge in [-0.1, -0.05) is 13.3 Å². The summed E-state index contributed by atoms with van der Waals surface area (Å²) >= 11 is 0. The largest absolute Gasteiger partial charge is 0.354 e. The van der Waals surface area contributed by atoms with Crippen LogP contribution >= 0.6 is 0 Å². The molecule has 0 aliphatic heterocycles. The molecule has 2 heterocycles. The highest BCUT2D eigenvalue weighted by Crippen LogP contribution is 2.39. The van der Waals surface area contributed by atoms with Crippen LogP contribution in [0.4, 0.5) is 11.9 Å². The molecule has 0 amide bonds. The summed E-state index contributed by atoms with van der Waals surface area (Å²) in [6.07, 6.45) is 6.84. The molecule has 8 heteroatoms. The Bertz CT molecular complexity index is 590. The summed E-state index contributed by atoms with van der Waals surface area (Å²) in [5, 5.41) is 10.5. The summed E-state index contributed by atoms with van der Waals surface area (Å²) in [6, 6.07) is 0. The first-order valence-corrected chi connectivity index (χ1v) is 7.27. The highest BCUT2D eigenvalue weighted by molar-refractivity contribution is 5.37. The first-order valence-electron chi connectivity index (χ1n) is 7.27. The third-order valence-corrected chi connectivity index (χ3v) is 3.82. The van der Waals surface area contributed by atoms with Crippen LogP contribution in [0.5, 0.6) is 0 Å². The van der Waals surface area contributed by atoms with Crippen molar-refractivity contribution in [2.24, 2.45) is 5.41 Å². The summed E-state index contributed by atoms with van der Waals surface area (Å²) in [5.41, 5.74) is 0.360. The van der Waals surface area contributed by atoms with E-state index in [1.165, 1.54) is 30.3 Å². The van der Waals surface area contributed by atoms with Crippen molar-refractivity contribution in [3.8, 4) is 5.95 Å². The number of nitrogens with one attached hydrogen (secondary N) is 2. The topological polar surface area (TPSA) is 93.4 Å². The highest BCUT2D eigenvalue weighted by atomic mass is 15.4. The number of anilines is 2. The van der Waals surface area contributed by atoms with E-state index >= 15 is 0 Å². The highest BCUT2D eigenvalue weighted by Gasteiger charge is 2.31. The fraction of sp³-hybridized carbons (Fsp3) is 0.615. The second-order valence-corrected chi connectivity index (χ2v) is 5.67. The van der Waals surface area contributed by atoms with Crippen molar-refractivity contribution < 1.29 is 0 Å². The number of nitrogens with zero attached hydrogens (tertiary/aromatic N) is 6. The maximum absolute atomic E-state index is 4.41. The Hall–Kier alpha value is -2.25. The van der Waals surface area contributed by atoms with Crippen molar-refractivity contribution in [1.29, 1.82) is 0 Å². The summed E-state index contributed by atoms with van der Waals surface area (Å²) in [6.45, 7) is 5.91. The molecule has 21 heavy (non-hydrogen) atoms. The van der Waals surface area contributed by atoms with Crippen LogP contribution in [0.2, 0.25) is 0 Å². The minimum absolute atomic E-state index is 0.360. The third kappa shape index (κ3) is 3.09. The molecule has 1 aliphatic carbocycles. The lowest BCUT2D eigenvalue weighted by Gasteiger charge is -2.38. The summed E-state index contributed by atoms with van der Waals surface area (Å²) in [7, 11) is 0. The fourth-order valence-electron chi connectivity index (χ4n) is 2.34. The monoisotopic (exact) mass is 288 g/mol. The molecule has 0 radical (unpaired) electrons. The van der Waals surface area contributed by atoms with Gasteiger partial charge < -0.3 is 10.6 Å². The zero-order chi connectivity index (χ0) is 14.7. The Balaban J connectivity index is 1.81. The number of hydrogen-bond donors (Lipinski definition) is 2. The molecular weight excluding hydrogens is 268 g/mol. The molecule has 3 rings (SSSR count). The van der Waals surface area contributed by atoms with Crippen LogP contribution in [0.25, 0.3) is 5.95 Å². The van der Waals surface area contributed by atoms with Gasteiger partial charge in [0.25, 0.3) is 5.95 Å². The van der Waals surface area contributed by atoms with Gasteiger partial charge in [0.05, 0.1) is 0 Å². The molecule has 2 aromatic rings. The maximum Gasteiger partial charge on any atom is 0.258 e. The predicted octanol–water partition coefficient (Wildman–Crippen LogP) is 1.49. The Kier molecular flexibility index (Phi) is 3.68. The fourth-order valence-corrected chi connectivity index (χ4v) is 2.34. The van der Waals surface area contributed by atoms with E-state index in [0.717, 1.165) is 13.1 Å². The predicted molar refractivity (Wildman–Crippen MR) is 79.4 cm³/mol. The van der Waals surface area contributed by atoms with E-state index in [2.05, 4.69) is 42.6 Å². The lowest BCUT2D eigenvalue weighted by atomic mass is 9.70. The van der Waals surface area contributed by atoms with E-state index in [4.69, 9.17) is 0 Å². The first kappa shape index (κ1) is 13.7. The lowest BCUT2D eigenvalue weighted by molar-refractivity contribution is 0.179. The van der Waals surface area contributed by atoms with Crippen LogP contribution in [0.1, 0.15) is 33.1 Å². The molecule has 0 spiro atoms. The van der Waals surface area contributed by atoms with Crippen molar-refractivity contribution in [1.82, 2.24) is 29.7 Å². The molecule has 0 bridgehead atoms. The summed E-state index contributed by atoms with van der Waals surface area (Å²) in [4.78, 5) is 17.0. The average Bonchev–Trinajstić information content (AvgIpc) is 2.97. The zero-order valence-electron chi connectivity index (χ0n) is 12.4. The van der Waals surface area contributed by atoms with Crippen molar-refractivity contribution in [3.63, 3.8) is 0 Å². The number of aromatic nitrogens is 6. The van der Waals surface area contributed by atoms with Crippen LogP contribution in [0.3, 0.4) is 0 Å². The number of rotatable bonds is 6. The second-order valence-electron chi connectivity index (χ2n) is 5.67. The van der Waals surface area contributed by atoms with Gasteiger partial charge in [0, 0.05) is 13.1 Å². The standard InChI is InChI=1S/C13H20N8/c1-3-15-10-18-11(16-7-13(2)5-4-6-13)20-12(19-10)21-9-14-8-17-21/h8-9H,3-7H2,1-2H3,(H2,15,16,18,19,20). The van der Waals surface area contributed by atoms with Gasteiger partial charge in [0.2, 0.25) is 11.9 Å². The zero-order valence-corrected chi connectivity index (χ0v) is 12.4. The van der Waals surface area contributed by atoms with Crippen LogP contribution in [0.15, 0.2) is 12.7 Å². The summed E-state index contributed by atoms with van der Waals surface area (Å²) < 4.78 is 1.53. The van der Waals surface area contributed by atoms with Gasteiger partial charge in [0.1, 0.15) is 12.7 Å². The number of hydrogen-bond acceptors (Lipinski definition) is 7. The van der Waals surface area contributed by atoms with Gasteiger partial charge in [-0.05, 0) is 25.2 Å². The second kappa shape index (κ2) is 5.63. The van der Waals surface area contributed by atoms with Crippen molar-refractivity contribution >= 4 is 11.9 Å². The van der Waals surface area contributed by atoms with E-state index in [1.807, 2.05) is 6.92 Å². The van der Waals surface area contributed by atoms with Crippen molar-refractivity contribution in [3.05, 3.63) is 12.7 Å². The third-order valence-electron chi connectivity index (χ3n) is 3.82. The molecule has 0 aromatic carbocycles. The van der Waals surface area contributed by atoms with Gasteiger partial charge in [0.15, 0.2) is 0 Å². The quantitative estimate of drug-likeness (QED) is 0.831. The van der Waals surface area contributed by atoms with Gasteiger partial charge in [-0.2, -0.15) is 24.7 Å². The Labute approximate surface area is 123 Å². The molecule has 0 unspecified atom stereocenters. The Morgan fingerprint density at radius 3 is 2.52 bits per heavy atom. The molecule has 1 aliphatic rings. The Morgan fingerprint density at radius 1 is 1.19 bits per heavy atom. The van der Waals surface area contributed by atoms with E-state index < -0.39 is 0 Å². The van der Waals surface area contributed by atoms with Crippen LogP contribution in [-0.2, 0) is 0 Å². The van der Waals surface area contributed by atoms with Crippen molar-refractivity contribution in [2.75, 3.05) is 23.7 Å². The molecular formula is C13H20N8. The normalized spacial score (nSPS) is 16.3. The molecule has 0 atom stereocenters. The average molecular weight is 288 g/mol. The molecule has 8 nitrogen and oxygen atoms in total. The lowest BCUT2D eigenvalue weighted by Crippen LogP contribution is -2.33. The minimum Gasteiger partial charge on any atom is -0.354 e.